The van der Waals surface area contributed by atoms with Gasteiger partial charge in [-0.2, -0.15) is 0 Å². The van der Waals surface area contributed by atoms with Gasteiger partial charge in [0.15, 0.2) is 6.29 Å². The Hall–Kier alpha value is -0.860. The van der Waals surface area contributed by atoms with Gasteiger partial charge in [-0.3, -0.25) is 0 Å². The predicted octanol–water partition coefficient (Wildman–Crippen LogP) is 5.22. The fraction of sp³-hybridized carbons (Fsp3) is 0.700. The highest BCUT2D eigenvalue weighted by atomic mass is 16.7. The summed E-state index contributed by atoms with van der Waals surface area (Å²) in [5, 5.41) is 0. The summed E-state index contributed by atoms with van der Waals surface area (Å²) in [6.07, 6.45) is 0.646. The Balaban J connectivity index is 3.17. The summed E-state index contributed by atoms with van der Waals surface area (Å²) < 4.78 is 11.4. The number of hydrogen-bond donors (Lipinski definition) is 0. The minimum Gasteiger partial charge on any atom is -0.353 e. The van der Waals surface area contributed by atoms with E-state index >= 15 is 0 Å². The quantitative estimate of drug-likeness (QED) is 0.671. The van der Waals surface area contributed by atoms with Crippen molar-refractivity contribution < 1.29 is 9.47 Å². The van der Waals surface area contributed by atoms with E-state index in [4.69, 9.17) is 9.47 Å². The highest BCUT2D eigenvalue weighted by Gasteiger charge is 2.21. The van der Waals surface area contributed by atoms with Crippen LogP contribution in [0.3, 0.4) is 0 Å². The largest absolute Gasteiger partial charge is 0.353 e. The van der Waals surface area contributed by atoms with Gasteiger partial charge in [0.1, 0.15) is 0 Å². The summed E-state index contributed by atoms with van der Waals surface area (Å²) in [6.45, 7) is 19.0. The zero-order chi connectivity index (χ0) is 17.0. The third-order valence-corrected chi connectivity index (χ3v) is 3.83. The molecule has 0 N–H and O–H groups in total. The second-order valence-electron chi connectivity index (χ2n) is 7.96. The molecule has 0 saturated carbocycles. The highest BCUT2D eigenvalue weighted by molar-refractivity contribution is 5.37. The Bertz CT molecular complexity index is 425. The van der Waals surface area contributed by atoms with E-state index < -0.39 is 0 Å². The van der Waals surface area contributed by atoms with Crippen molar-refractivity contribution in [1.82, 2.24) is 0 Å². The monoisotopic (exact) mass is 306 g/mol. The van der Waals surface area contributed by atoms with E-state index in [1.165, 1.54) is 16.7 Å². The van der Waals surface area contributed by atoms with Gasteiger partial charge in [-0.1, -0.05) is 59.7 Å². The molecule has 0 bridgehead atoms. The van der Waals surface area contributed by atoms with Gasteiger partial charge in [0, 0.05) is 19.6 Å². The van der Waals surface area contributed by atoms with E-state index in [-0.39, 0.29) is 17.1 Å². The van der Waals surface area contributed by atoms with Crippen molar-refractivity contribution in [3.8, 4) is 0 Å². The van der Waals surface area contributed by atoms with Crippen LogP contribution in [0, 0.1) is 0 Å². The van der Waals surface area contributed by atoms with E-state index in [0.29, 0.717) is 13.2 Å². The summed E-state index contributed by atoms with van der Waals surface area (Å²) in [5.41, 5.74) is 4.33. The topological polar surface area (TPSA) is 18.5 Å². The molecular formula is C20H34O2. The lowest BCUT2D eigenvalue weighted by Crippen LogP contribution is -2.22. The van der Waals surface area contributed by atoms with Crippen LogP contribution in [0.5, 0.6) is 0 Å². The maximum Gasteiger partial charge on any atom is 0.161 e. The molecule has 0 amide bonds. The Morgan fingerprint density at radius 1 is 0.773 bits per heavy atom. The first-order chi connectivity index (χ1) is 10.1. The molecule has 0 fully saturated rings. The molecule has 2 nitrogen and oxygen atoms in total. The Morgan fingerprint density at radius 2 is 1.18 bits per heavy atom. The Kier molecular flexibility index (Phi) is 6.64. The molecule has 0 aromatic heterocycles. The number of ether oxygens (including phenoxy) is 2. The first kappa shape index (κ1) is 19.2. The van der Waals surface area contributed by atoms with Gasteiger partial charge in [0.25, 0.3) is 0 Å². The van der Waals surface area contributed by atoms with Crippen LogP contribution < -0.4 is 0 Å². The lowest BCUT2D eigenvalue weighted by atomic mass is 9.79. The van der Waals surface area contributed by atoms with E-state index in [1.807, 2.05) is 13.8 Å². The van der Waals surface area contributed by atoms with Gasteiger partial charge in [0.05, 0.1) is 0 Å². The third kappa shape index (κ3) is 5.73. The molecule has 0 atom stereocenters. The van der Waals surface area contributed by atoms with Gasteiger partial charge in [-0.15, -0.1) is 0 Å². The summed E-state index contributed by atoms with van der Waals surface area (Å²) >= 11 is 0. The van der Waals surface area contributed by atoms with Crippen molar-refractivity contribution in [3.63, 3.8) is 0 Å². The number of rotatable bonds is 6. The first-order valence-corrected chi connectivity index (χ1v) is 8.46. The maximum atomic E-state index is 5.72. The van der Waals surface area contributed by atoms with Gasteiger partial charge >= 0.3 is 0 Å². The van der Waals surface area contributed by atoms with Gasteiger partial charge < -0.3 is 9.47 Å². The molecule has 22 heavy (non-hydrogen) atoms. The molecular weight excluding hydrogens is 272 g/mol. The minimum absolute atomic E-state index is 0.142. The minimum atomic E-state index is -0.155. The lowest BCUT2D eigenvalue weighted by Gasteiger charge is -2.27. The average molecular weight is 306 g/mol. The zero-order valence-corrected chi connectivity index (χ0v) is 15.7. The lowest BCUT2D eigenvalue weighted by molar-refractivity contribution is -0.134. The van der Waals surface area contributed by atoms with Crippen LogP contribution in [0.15, 0.2) is 18.2 Å². The maximum absolute atomic E-state index is 5.72. The normalized spacial score (nSPS) is 13.0. The summed E-state index contributed by atoms with van der Waals surface area (Å²) in [5.74, 6) is 0. The van der Waals surface area contributed by atoms with E-state index in [0.717, 1.165) is 6.42 Å². The van der Waals surface area contributed by atoms with Crippen LogP contribution in [0.25, 0.3) is 0 Å². The van der Waals surface area contributed by atoms with E-state index in [2.05, 4.69) is 59.7 Å². The highest BCUT2D eigenvalue weighted by Crippen LogP contribution is 2.30. The fourth-order valence-corrected chi connectivity index (χ4v) is 2.41. The van der Waals surface area contributed by atoms with Crippen molar-refractivity contribution in [1.29, 1.82) is 0 Å². The van der Waals surface area contributed by atoms with Crippen LogP contribution in [0.1, 0.15) is 72.1 Å². The Labute approximate surface area is 137 Å². The second kappa shape index (κ2) is 7.61. The van der Waals surface area contributed by atoms with Crippen LogP contribution in [0.2, 0.25) is 0 Å². The van der Waals surface area contributed by atoms with Crippen molar-refractivity contribution in [2.75, 3.05) is 13.2 Å². The van der Waals surface area contributed by atoms with Gasteiger partial charge in [0.2, 0.25) is 0 Å². The molecule has 0 aliphatic carbocycles. The van der Waals surface area contributed by atoms with Gasteiger partial charge in [-0.25, -0.2) is 0 Å². The average Bonchev–Trinajstić information content (AvgIpc) is 2.37. The molecule has 0 saturated heterocycles. The first-order valence-electron chi connectivity index (χ1n) is 8.46. The summed E-state index contributed by atoms with van der Waals surface area (Å²) in [7, 11) is 0. The molecule has 1 rings (SSSR count). The molecule has 1 aromatic carbocycles. The zero-order valence-electron chi connectivity index (χ0n) is 15.7. The van der Waals surface area contributed by atoms with Crippen LogP contribution >= 0.6 is 0 Å². The Morgan fingerprint density at radius 3 is 1.50 bits per heavy atom. The molecule has 0 heterocycles. The van der Waals surface area contributed by atoms with E-state index in [1.54, 1.807) is 0 Å². The molecule has 0 spiro atoms. The smallest absolute Gasteiger partial charge is 0.161 e. The summed E-state index contributed by atoms with van der Waals surface area (Å²) in [6, 6.07) is 6.96. The summed E-state index contributed by atoms with van der Waals surface area (Å²) in [4.78, 5) is 0. The molecule has 2 heteroatoms. The molecule has 1 aromatic rings. The predicted molar refractivity (Wildman–Crippen MR) is 94.6 cm³/mol. The van der Waals surface area contributed by atoms with Crippen molar-refractivity contribution >= 4 is 0 Å². The molecule has 0 radical (unpaired) electrons. The van der Waals surface area contributed by atoms with Crippen molar-refractivity contribution in [2.24, 2.45) is 0 Å². The number of benzene rings is 1. The van der Waals surface area contributed by atoms with Crippen molar-refractivity contribution in [2.45, 2.75) is 78.9 Å². The van der Waals surface area contributed by atoms with Crippen LogP contribution in [0.4, 0.5) is 0 Å². The second-order valence-corrected chi connectivity index (χ2v) is 7.96. The van der Waals surface area contributed by atoms with Crippen LogP contribution in [-0.4, -0.2) is 19.5 Å². The van der Waals surface area contributed by atoms with Crippen LogP contribution in [-0.2, 0) is 26.7 Å². The third-order valence-electron chi connectivity index (χ3n) is 3.83. The SMILES string of the molecule is CCOC(Cc1cc(C(C)(C)C)cc(C(C)(C)C)c1)OCC. The fourth-order valence-electron chi connectivity index (χ4n) is 2.41. The van der Waals surface area contributed by atoms with Gasteiger partial charge in [-0.05, 0) is 41.4 Å². The number of hydrogen-bond acceptors (Lipinski definition) is 2. The molecule has 0 aliphatic heterocycles. The molecule has 0 unspecified atom stereocenters. The van der Waals surface area contributed by atoms with E-state index in [9.17, 15) is 0 Å². The standard InChI is InChI=1S/C20H34O2/c1-9-21-18(22-10-2)13-15-11-16(19(3,4)5)14-17(12-15)20(6,7)8/h11-12,14,18H,9-10,13H2,1-8H3. The molecule has 126 valence electrons. The molecule has 0 aliphatic rings. The van der Waals surface area contributed by atoms with Crippen molar-refractivity contribution in [3.05, 3.63) is 34.9 Å².